The molecule has 0 saturated carbocycles. The molecule has 49 heavy (non-hydrogen) atoms. The molecule has 5 aromatic rings. The number of imidazole rings is 1. The number of benzene rings is 4. The zero-order valence-corrected chi connectivity index (χ0v) is 29.6. The molecule has 0 spiro atoms. The lowest BCUT2D eigenvalue weighted by Crippen LogP contribution is -2.49. The van der Waals surface area contributed by atoms with E-state index in [4.69, 9.17) is 14.5 Å². The summed E-state index contributed by atoms with van der Waals surface area (Å²) in [6.45, 7) is 6.22. The van der Waals surface area contributed by atoms with Crippen LogP contribution in [0.2, 0.25) is 0 Å². The van der Waals surface area contributed by atoms with Gasteiger partial charge in [0, 0.05) is 56.0 Å². The third-order valence-electron chi connectivity index (χ3n) is 9.25. The van der Waals surface area contributed by atoms with Gasteiger partial charge in [-0.3, -0.25) is 9.69 Å². The standard InChI is InChI=1S/C41H46N4O3S/c1-4-45-40(34-20-24-36(48-3)25-21-34)38(31-18-22-35(47-2)23-19-31)42-41(45)49-30-12-11-17-37(46)43-26-28-44(29-27-43)39(32-13-7-5-8-14-32)33-15-9-6-10-16-33/h5-10,13-16,18-25,39H,4,11-12,17,26-30H2,1-3H3. The van der Waals surface area contributed by atoms with E-state index in [2.05, 4.69) is 106 Å². The van der Waals surface area contributed by atoms with Crippen LogP contribution in [0.1, 0.15) is 43.4 Å². The van der Waals surface area contributed by atoms with Crippen molar-refractivity contribution in [2.75, 3.05) is 46.2 Å². The fourth-order valence-electron chi connectivity index (χ4n) is 6.64. The highest BCUT2D eigenvalue weighted by Crippen LogP contribution is 2.37. The van der Waals surface area contributed by atoms with Gasteiger partial charge < -0.3 is 18.9 Å². The van der Waals surface area contributed by atoms with E-state index in [1.165, 1.54) is 11.1 Å². The molecule has 0 unspecified atom stereocenters. The Kier molecular flexibility index (Phi) is 11.7. The number of hydrogen-bond donors (Lipinski definition) is 0. The van der Waals surface area contributed by atoms with Crippen LogP contribution < -0.4 is 9.47 Å². The topological polar surface area (TPSA) is 59.8 Å². The molecule has 0 radical (unpaired) electrons. The van der Waals surface area contributed by atoms with E-state index in [9.17, 15) is 4.79 Å². The third kappa shape index (κ3) is 8.20. The molecule has 0 bridgehead atoms. The number of aromatic nitrogens is 2. The monoisotopic (exact) mass is 674 g/mol. The maximum Gasteiger partial charge on any atom is 0.222 e. The van der Waals surface area contributed by atoms with Crippen molar-refractivity contribution >= 4 is 17.7 Å². The lowest BCUT2D eigenvalue weighted by Gasteiger charge is -2.40. The number of carbonyl (C=O) groups excluding carboxylic acids is 1. The minimum absolute atomic E-state index is 0.197. The number of rotatable bonds is 14. The van der Waals surface area contributed by atoms with Crippen molar-refractivity contribution < 1.29 is 14.3 Å². The quantitative estimate of drug-likeness (QED) is 0.0871. The van der Waals surface area contributed by atoms with Crippen LogP contribution in [0.3, 0.4) is 0 Å². The molecule has 254 valence electrons. The lowest BCUT2D eigenvalue weighted by atomic mass is 9.96. The molecule has 6 rings (SSSR count). The number of amides is 1. The first-order valence-corrected chi connectivity index (χ1v) is 18.2. The van der Waals surface area contributed by atoms with Crippen molar-refractivity contribution in [3.05, 3.63) is 120 Å². The Balaban J connectivity index is 1.05. The molecule has 2 heterocycles. The average molecular weight is 675 g/mol. The molecular weight excluding hydrogens is 629 g/mol. The summed E-state index contributed by atoms with van der Waals surface area (Å²) in [7, 11) is 3.37. The van der Waals surface area contributed by atoms with Crippen molar-refractivity contribution in [2.45, 2.75) is 43.9 Å². The van der Waals surface area contributed by atoms with E-state index in [1.54, 1.807) is 26.0 Å². The van der Waals surface area contributed by atoms with Gasteiger partial charge in [0.1, 0.15) is 11.5 Å². The van der Waals surface area contributed by atoms with E-state index < -0.39 is 0 Å². The van der Waals surface area contributed by atoms with Crippen LogP contribution in [-0.4, -0.2) is 71.4 Å². The number of unbranched alkanes of at least 4 members (excludes halogenated alkanes) is 1. The third-order valence-corrected chi connectivity index (χ3v) is 10.3. The number of nitrogens with zero attached hydrogens (tertiary/aromatic N) is 4. The maximum atomic E-state index is 13.3. The van der Waals surface area contributed by atoms with Crippen LogP contribution in [0.25, 0.3) is 22.5 Å². The number of thioether (sulfide) groups is 1. The summed E-state index contributed by atoms with van der Waals surface area (Å²) in [6, 6.07) is 37.9. The van der Waals surface area contributed by atoms with Gasteiger partial charge in [0.05, 0.1) is 31.6 Å². The summed E-state index contributed by atoms with van der Waals surface area (Å²) in [6.07, 6.45) is 2.40. The van der Waals surface area contributed by atoms with E-state index in [0.717, 1.165) is 90.5 Å². The first-order valence-electron chi connectivity index (χ1n) is 17.2. The number of piperazine rings is 1. The van der Waals surface area contributed by atoms with Crippen LogP contribution in [0.4, 0.5) is 0 Å². The summed E-state index contributed by atoms with van der Waals surface area (Å²) in [5.74, 6) is 2.81. The Hall–Kier alpha value is -4.53. The lowest BCUT2D eigenvalue weighted by molar-refractivity contribution is -0.133. The molecule has 4 aromatic carbocycles. The normalized spacial score (nSPS) is 13.5. The Morgan fingerprint density at radius 1 is 0.735 bits per heavy atom. The summed E-state index contributed by atoms with van der Waals surface area (Å²) < 4.78 is 13.1. The van der Waals surface area contributed by atoms with Crippen LogP contribution >= 0.6 is 11.8 Å². The van der Waals surface area contributed by atoms with Gasteiger partial charge in [0.25, 0.3) is 0 Å². The molecule has 0 aliphatic carbocycles. The molecule has 1 amide bonds. The Morgan fingerprint density at radius 3 is 1.82 bits per heavy atom. The first-order chi connectivity index (χ1) is 24.1. The molecule has 7 nitrogen and oxygen atoms in total. The summed E-state index contributed by atoms with van der Waals surface area (Å²) in [4.78, 5) is 23.0. The van der Waals surface area contributed by atoms with Crippen molar-refractivity contribution in [3.8, 4) is 34.0 Å². The molecule has 0 atom stereocenters. The maximum absolute atomic E-state index is 13.3. The van der Waals surface area contributed by atoms with E-state index in [-0.39, 0.29) is 11.9 Å². The number of methoxy groups -OCH3 is 2. The summed E-state index contributed by atoms with van der Waals surface area (Å²) in [5, 5.41) is 0.993. The van der Waals surface area contributed by atoms with Crippen molar-refractivity contribution in [1.82, 2.24) is 19.4 Å². The minimum atomic E-state index is 0.197. The van der Waals surface area contributed by atoms with Gasteiger partial charge >= 0.3 is 0 Å². The molecule has 1 aromatic heterocycles. The Labute approximate surface area is 294 Å². The highest BCUT2D eigenvalue weighted by Gasteiger charge is 2.28. The predicted molar refractivity (Wildman–Crippen MR) is 199 cm³/mol. The Bertz CT molecular complexity index is 1730. The SMILES string of the molecule is CCn1c(SCCCCC(=O)N2CCN(C(c3ccccc3)c3ccccc3)CC2)nc(-c2ccc(OC)cc2)c1-c1ccc(OC)cc1. The van der Waals surface area contributed by atoms with Gasteiger partial charge in [0.15, 0.2) is 5.16 Å². The highest BCUT2D eigenvalue weighted by atomic mass is 32.2. The van der Waals surface area contributed by atoms with Crippen LogP contribution in [-0.2, 0) is 11.3 Å². The van der Waals surface area contributed by atoms with Crippen molar-refractivity contribution in [2.24, 2.45) is 0 Å². The molecule has 1 aliphatic rings. The average Bonchev–Trinajstić information content (AvgIpc) is 3.54. The largest absolute Gasteiger partial charge is 0.497 e. The molecule has 1 fully saturated rings. The number of hydrogen-bond acceptors (Lipinski definition) is 6. The smallest absolute Gasteiger partial charge is 0.222 e. The Morgan fingerprint density at radius 2 is 1.29 bits per heavy atom. The summed E-state index contributed by atoms with van der Waals surface area (Å²) >= 11 is 1.77. The molecule has 1 aliphatic heterocycles. The van der Waals surface area contributed by atoms with E-state index in [0.29, 0.717) is 6.42 Å². The van der Waals surface area contributed by atoms with E-state index >= 15 is 0 Å². The number of carbonyl (C=O) groups is 1. The second-order valence-electron chi connectivity index (χ2n) is 12.2. The van der Waals surface area contributed by atoms with Crippen LogP contribution in [0.5, 0.6) is 11.5 Å². The second kappa shape index (κ2) is 16.7. The minimum Gasteiger partial charge on any atom is -0.497 e. The molecule has 8 heteroatoms. The molecule has 0 N–H and O–H groups in total. The van der Waals surface area contributed by atoms with Gasteiger partial charge in [-0.15, -0.1) is 0 Å². The summed E-state index contributed by atoms with van der Waals surface area (Å²) in [5.41, 5.74) is 6.77. The zero-order chi connectivity index (χ0) is 34.0. The predicted octanol–water partition coefficient (Wildman–Crippen LogP) is 8.45. The zero-order valence-electron chi connectivity index (χ0n) is 28.8. The fourth-order valence-corrected chi connectivity index (χ4v) is 7.70. The van der Waals surface area contributed by atoms with Crippen LogP contribution in [0.15, 0.2) is 114 Å². The first kappa shape index (κ1) is 34.3. The molecular formula is C41H46N4O3S. The van der Waals surface area contributed by atoms with Gasteiger partial charge in [-0.25, -0.2) is 4.98 Å². The van der Waals surface area contributed by atoms with Crippen molar-refractivity contribution in [1.29, 1.82) is 0 Å². The van der Waals surface area contributed by atoms with Crippen LogP contribution in [0, 0.1) is 0 Å². The highest BCUT2D eigenvalue weighted by molar-refractivity contribution is 7.99. The number of ether oxygens (including phenoxy) is 2. The van der Waals surface area contributed by atoms with Crippen molar-refractivity contribution in [3.63, 3.8) is 0 Å². The van der Waals surface area contributed by atoms with Gasteiger partial charge in [0.2, 0.25) is 5.91 Å². The molecule has 1 saturated heterocycles. The second-order valence-corrected chi connectivity index (χ2v) is 13.3. The van der Waals surface area contributed by atoms with Gasteiger partial charge in [-0.05, 0) is 79.4 Å². The van der Waals surface area contributed by atoms with Gasteiger partial charge in [-0.1, -0.05) is 72.4 Å². The van der Waals surface area contributed by atoms with E-state index in [1.807, 2.05) is 24.3 Å². The fraction of sp³-hybridized carbons (Fsp3) is 0.317. The van der Waals surface area contributed by atoms with Gasteiger partial charge in [-0.2, -0.15) is 0 Å².